The van der Waals surface area contributed by atoms with Gasteiger partial charge in [-0.15, -0.1) is 0 Å². The molecule has 1 saturated heterocycles. The molecule has 1 heterocycles. The van der Waals surface area contributed by atoms with E-state index in [0.29, 0.717) is 12.1 Å². The lowest BCUT2D eigenvalue weighted by Gasteiger charge is -2.26. The SMILES string of the molecule is Cc1ccc(C)c(C(C)N2CCC(N)C2)c1. The Bertz CT molecular complexity index is 373. The van der Waals surface area contributed by atoms with Crippen LogP contribution < -0.4 is 5.73 Å². The van der Waals surface area contributed by atoms with E-state index in [9.17, 15) is 0 Å². The molecule has 0 aromatic heterocycles. The Morgan fingerprint density at radius 3 is 2.75 bits per heavy atom. The highest BCUT2D eigenvalue weighted by atomic mass is 15.2. The summed E-state index contributed by atoms with van der Waals surface area (Å²) >= 11 is 0. The molecule has 1 fully saturated rings. The predicted octanol–water partition coefficient (Wildman–Crippen LogP) is 2.40. The first-order chi connectivity index (χ1) is 7.58. The van der Waals surface area contributed by atoms with Crippen LogP contribution in [0.25, 0.3) is 0 Å². The van der Waals surface area contributed by atoms with Crippen molar-refractivity contribution in [2.24, 2.45) is 5.73 Å². The normalized spacial score (nSPS) is 23.6. The number of nitrogens with zero attached hydrogens (tertiary/aromatic N) is 1. The zero-order chi connectivity index (χ0) is 11.7. The number of likely N-dealkylation sites (tertiary alicyclic amines) is 1. The minimum Gasteiger partial charge on any atom is -0.326 e. The van der Waals surface area contributed by atoms with E-state index >= 15 is 0 Å². The van der Waals surface area contributed by atoms with E-state index < -0.39 is 0 Å². The molecule has 2 atom stereocenters. The Kier molecular flexibility index (Phi) is 3.31. The van der Waals surface area contributed by atoms with Crippen molar-refractivity contribution in [3.05, 3.63) is 34.9 Å². The smallest absolute Gasteiger partial charge is 0.0323 e. The molecule has 2 N–H and O–H groups in total. The molecule has 1 aromatic rings. The average molecular weight is 218 g/mol. The van der Waals surface area contributed by atoms with Crippen LogP contribution in [0.3, 0.4) is 0 Å². The van der Waals surface area contributed by atoms with Gasteiger partial charge in [0.25, 0.3) is 0 Å². The molecule has 16 heavy (non-hydrogen) atoms. The second-order valence-corrected chi connectivity index (χ2v) is 5.08. The van der Waals surface area contributed by atoms with Crippen molar-refractivity contribution in [3.8, 4) is 0 Å². The van der Waals surface area contributed by atoms with Gasteiger partial charge in [-0.2, -0.15) is 0 Å². The van der Waals surface area contributed by atoms with E-state index in [2.05, 4.69) is 43.9 Å². The third-order valence-corrected chi connectivity index (χ3v) is 3.69. The summed E-state index contributed by atoms with van der Waals surface area (Å²) in [6.45, 7) is 8.82. The molecule has 0 aliphatic carbocycles. The Hall–Kier alpha value is -0.860. The molecule has 1 aromatic carbocycles. The van der Waals surface area contributed by atoms with Crippen LogP contribution in [0.2, 0.25) is 0 Å². The van der Waals surface area contributed by atoms with Gasteiger partial charge in [-0.25, -0.2) is 0 Å². The van der Waals surface area contributed by atoms with Crippen LogP contribution in [0, 0.1) is 13.8 Å². The monoisotopic (exact) mass is 218 g/mol. The highest BCUT2D eigenvalue weighted by Gasteiger charge is 2.24. The fourth-order valence-corrected chi connectivity index (χ4v) is 2.57. The number of rotatable bonds is 2. The standard InChI is InChI=1S/C14H22N2/c1-10-4-5-11(2)14(8-10)12(3)16-7-6-13(15)9-16/h4-5,8,12-13H,6-7,9,15H2,1-3H3. The first-order valence-corrected chi connectivity index (χ1v) is 6.14. The van der Waals surface area contributed by atoms with Crippen molar-refractivity contribution < 1.29 is 0 Å². The zero-order valence-electron chi connectivity index (χ0n) is 10.5. The highest BCUT2D eigenvalue weighted by molar-refractivity contribution is 5.32. The van der Waals surface area contributed by atoms with Crippen LogP contribution in [0.1, 0.15) is 36.1 Å². The van der Waals surface area contributed by atoms with E-state index in [1.165, 1.54) is 16.7 Å². The van der Waals surface area contributed by atoms with Gasteiger partial charge < -0.3 is 5.73 Å². The van der Waals surface area contributed by atoms with E-state index in [-0.39, 0.29) is 0 Å². The summed E-state index contributed by atoms with van der Waals surface area (Å²) in [5.74, 6) is 0. The van der Waals surface area contributed by atoms with Crippen molar-refractivity contribution in [3.63, 3.8) is 0 Å². The van der Waals surface area contributed by atoms with Crippen LogP contribution >= 0.6 is 0 Å². The van der Waals surface area contributed by atoms with Crippen molar-refractivity contribution in [2.45, 2.75) is 39.3 Å². The fourth-order valence-electron chi connectivity index (χ4n) is 2.57. The fraction of sp³-hybridized carbons (Fsp3) is 0.571. The molecule has 88 valence electrons. The van der Waals surface area contributed by atoms with Crippen molar-refractivity contribution in [1.82, 2.24) is 4.90 Å². The van der Waals surface area contributed by atoms with Crippen molar-refractivity contribution >= 4 is 0 Å². The molecule has 1 aliphatic rings. The molecule has 0 amide bonds. The van der Waals surface area contributed by atoms with E-state index in [0.717, 1.165) is 19.5 Å². The van der Waals surface area contributed by atoms with Gasteiger partial charge in [0.2, 0.25) is 0 Å². The lowest BCUT2D eigenvalue weighted by atomic mass is 9.99. The second kappa shape index (κ2) is 4.56. The van der Waals surface area contributed by atoms with Crippen molar-refractivity contribution in [1.29, 1.82) is 0 Å². The van der Waals surface area contributed by atoms with E-state index in [1.54, 1.807) is 0 Å². The van der Waals surface area contributed by atoms with Gasteiger partial charge in [0.05, 0.1) is 0 Å². The van der Waals surface area contributed by atoms with Crippen LogP contribution in [-0.4, -0.2) is 24.0 Å². The molecule has 2 nitrogen and oxygen atoms in total. The maximum absolute atomic E-state index is 5.97. The molecule has 0 saturated carbocycles. The molecule has 0 radical (unpaired) electrons. The lowest BCUT2D eigenvalue weighted by molar-refractivity contribution is 0.259. The number of hydrogen-bond acceptors (Lipinski definition) is 2. The first kappa shape index (κ1) is 11.6. The van der Waals surface area contributed by atoms with Gasteiger partial charge in [-0.1, -0.05) is 23.8 Å². The summed E-state index contributed by atoms with van der Waals surface area (Å²) < 4.78 is 0. The number of nitrogens with two attached hydrogens (primary N) is 1. The Balaban J connectivity index is 2.20. The Morgan fingerprint density at radius 1 is 1.38 bits per heavy atom. The molecule has 0 bridgehead atoms. The van der Waals surface area contributed by atoms with Gasteiger partial charge in [0.1, 0.15) is 0 Å². The van der Waals surface area contributed by atoms with Crippen molar-refractivity contribution in [2.75, 3.05) is 13.1 Å². The largest absolute Gasteiger partial charge is 0.326 e. The third-order valence-electron chi connectivity index (χ3n) is 3.69. The minimum absolute atomic E-state index is 0.368. The molecular weight excluding hydrogens is 196 g/mol. The van der Waals surface area contributed by atoms with Gasteiger partial charge in [-0.3, -0.25) is 4.90 Å². The Labute approximate surface area is 98.4 Å². The molecule has 1 aliphatic heterocycles. The number of hydrogen-bond donors (Lipinski definition) is 1. The van der Waals surface area contributed by atoms with Crippen LogP contribution in [-0.2, 0) is 0 Å². The van der Waals surface area contributed by atoms with Crippen LogP contribution in [0.15, 0.2) is 18.2 Å². The van der Waals surface area contributed by atoms with Gasteiger partial charge in [-0.05, 0) is 38.3 Å². The summed E-state index contributed by atoms with van der Waals surface area (Å²) in [5, 5.41) is 0. The van der Waals surface area contributed by atoms with E-state index in [1.807, 2.05) is 0 Å². The predicted molar refractivity (Wildman–Crippen MR) is 68.5 cm³/mol. The summed E-state index contributed by atoms with van der Waals surface area (Å²) in [4.78, 5) is 2.49. The van der Waals surface area contributed by atoms with Gasteiger partial charge >= 0.3 is 0 Å². The highest BCUT2D eigenvalue weighted by Crippen LogP contribution is 2.27. The topological polar surface area (TPSA) is 29.3 Å². The molecule has 2 heteroatoms. The Morgan fingerprint density at radius 2 is 2.12 bits per heavy atom. The number of aryl methyl sites for hydroxylation is 2. The van der Waals surface area contributed by atoms with E-state index in [4.69, 9.17) is 5.73 Å². The molecule has 2 unspecified atom stereocenters. The van der Waals surface area contributed by atoms with Gasteiger partial charge in [0, 0.05) is 25.2 Å². The average Bonchev–Trinajstić information content (AvgIpc) is 2.67. The summed E-state index contributed by atoms with van der Waals surface area (Å²) in [6, 6.07) is 7.57. The summed E-state index contributed by atoms with van der Waals surface area (Å²) in [7, 11) is 0. The second-order valence-electron chi connectivity index (χ2n) is 5.08. The van der Waals surface area contributed by atoms with Gasteiger partial charge in [0.15, 0.2) is 0 Å². The maximum atomic E-state index is 5.97. The summed E-state index contributed by atoms with van der Waals surface area (Å²) in [6.07, 6.45) is 1.13. The van der Waals surface area contributed by atoms with Crippen LogP contribution in [0.4, 0.5) is 0 Å². The maximum Gasteiger partial charge on any atom is 0.0323 e. The molecule has 0 spiro atoms. The van der Waals surface area contributed by atoms with Crippen LogP contribution in [0.5, 0.6) is 0 Å². The molecule has 2 rings (SSSR count). The quantitative estimate of drug-likeness (QED) is 0.826. The number of benzene rings is 1. The minimum atomic E-state index is 0.368. The molecular formula is C14H22N2. The zero-order valence-corrected chi connectivity index (χ0v) is 10.5. The summed E-state index contributed by atoms with van der Waals surface area (Å²) in [5.41, 5.74) is 10.2. The first-order valence-electron chi connectivity index (χ1n) is 6.14. The third kappa shape index (κ3) is 2.28. The lowest BCUT2D eigenvalue weighted by Crippen LogP contribution is -2.29.